The second-order valence-corrected chi connectivity index (χ2v) is 8.48. The number of amides is 1. The third-order valence-corrected chi connectivity index (χ3v) is 5.33. The zero-order chi connectivity index (χ0) is 18.9. The fourth-order valence-corrected chi connectivity index (χ4v) is 3.48. The molecule has 1 fully saturated rings. The molecule has 0 aliphatic carbocycles. The average Bonchev–Trinajstić information content (AvgIpc) is 3.10. The molecule has 0 saturated carbocycles. The van der Waals surface area contributed by atoms with Gasteiger partial charge in [-0.1, -0.05) is 45.0 Å². The molecule has 1 amide bonds. The molecule has 1 aliphatic rings. The minimum atomic E-state index is -0.000215. The highest BCUT2D eigenvalue weighted by atomic mass is 16.4. The molecular formula is C22H30N2O2. The minimum Gasteiger partial charge on any atom is -0.451 e. The van der Waals surface area contributed by atoms with Gasteiger partial charge in [0.1, 0.15) is 5.76 Å². The fourth-order valence-electron chi connectivity index (χ4n) is 3.48. The van der Waals surface area contributed by atoms with E-state index in [1.54, 1.807) is 6.07 Å². The summed E-state index contributed by atoms with van der Waals surface area (Å²) < 4.78 is 5.88. The molecule has 26 heavy (non-hydrogen) atoms. The highest BCUT2D eigenvalue weighted by molar-refractivity contribution is 5.92. The topological polar surface area (TPSA) is 36.7 Å². The predicted octanol–water partition coefficient (Wildman–Crippen LogP) is 4.41. The van der Waals surface area contributed by atoms with Gasteiger partial charge >= 0.3 is 0 Å². The van der Waals surface area contributed by atoms with Gasteiger partial charge in [0.2, 0.25) is 0 Å². The standard InChI is InChI=1S/C22H30N2O2/c1-22(2,3)17-8-6-16(7-9-17)19-10-11-20(26-19)21(25)24-14-12-18(13-15-24)23(4)5/h6-11,18H,12-15H2,1-5H3. The van der Waals surface area contributed by atoms with Crippen LogP contribution in [0.1, 0.15) is 49.7 Å². The first kappa shape index (κ1) is 18.7. The summed E-state index contributed by atoms with van der Waals surface area (Å²) in [6.07, 6.45) is 2.03. The molecule has 4 heteroatoms. The Morgan fingerprint density at radius 2 is 1.65 bits per heavy atom. The van der Waals surface area contributed by atoms with E-state index in [4.69, 9.17) is 4.42 Å². The molecule has 4 nitrogen and oxygen atoms in total. The van der Waals surface area contributed by atoms with Crippen LogP contribution in [0.2, 0.25) is 0 Å². The molecule has 0 unspecified atom stereocenters. The van der Waals surface area contributed by atoms with Crippen LogP contribution in [0.15, 0.2) is 40.8 Å². The van der Waals surface area contributed by atoms with Crippen molar-refractivity contribution in [1.82, 2.24) is 9.80 Å². The van der Waals surface area contributed by atoms with Crippen LogP contribution in [-0.2, 0) is 5.41 Å². The number of nitrogens with zero attached hydrogens (tertiary/aromatic N) is 2. The monoisotopic (exact) mass is 354 g/mol. The molecule has 2 heterocycles. The SMILES string of the molecule is CN(C)C1CCN(C(=O)c2ccc(-c3ccc(C(C)(C)C)cc3)o2)CC1. The molecule has 0 spiro atoms. The lowest BCUT2D eigenvalue weighted by molar-refractivity contribution is 0.0633. The largest absolute Gasteiger partial charge is 0.451 e. The van der Waals surface area contributed by atoms with E-state index in [1.165, 1.54) is 5.56 Å². The lowest BCUT2D eigenvalue weighted by Gasteiger charge is -2.34. The number of carbonyl (C=O) groups is 1. The smallest absolute Gasteiger partial charge is 0.289 e. The quantitative estimate of drug-likeness (QED) is 0.819. The normalized spacial score (nSPS) is 16.3. The first-order valence-electron chi connectivity index (χ1n) is 9.42. The number of rotatable bonds is 3. The van der Waals surface area contributed by atoms with Gasteiger partial charge in [0.05, 0.1) is 0 Å². The van der Waals surface area contributed by atoms with Gasteiger partial charge in [0, 0.05) is 24.7 Å². The zero-order valence-corrected chi connectivity index (χ0v) is 16.6. The Kier molecular flexibility index (Phi) is 5.24. The number of hydrogen-bond acceptors (Lipinski definition) is 3. The third kappa shape index (κ3) is 4.01. The Morgan fingerprint density at radius 3 is 2.19 bits per heavy atom. The summed E-state index contributed by atoms with van der Waals surface area (Å²) in [6.45, 7) is 8.18. The van der Waals surface area contributed by atoms with Crippen molar-refractivity contribution in [2.75, 3.05) is 27.2 Å². The summed E-state index contributed by atoms with van der Waals surface area (Å²) in [5, 5.41) is 0. The molecule has 1 saturated heterocycles. The van der Waals surface area contributed by atoms with E-state index in [0.717, 1.165) is 37.3 Å². The Labute approximate surface area is 156 Å². The third-order valence-electron chi connectivity index (χ3n) is 5.33. The fraction of sp³-hybridized carbons (Fsp3) is 0.500. The Hall–Kier alpha value is -2.07. The van der Waals surface area contributed by atoms with Gasteiger partial charge in [-0.15, -0.1) is 0 Å². The molecule has 1 aliphatic heterocycles. The molecule has 1 aromatic heterocycles. The van der Waals surface area contributed by atoms with Gasteiger partial charge < -0.3 is 14.2 Å². The van der Waals surface area contributed by atoms with Crippen LogP contribution in [0.5, 0.6) is 0 Å². The van der Waals surface area contributed by atoms with Crippen LogP contribution >= 0.6 is 0 Å². The van der Waals surface area contributed by atoms with E-state index < -0.39 is 0 Å². The number of hydrogen-bond donors (Lipinski definition) is 0. The van der Waals surface area contributed by atoms with Gasteiger partial charge in [-0.2, -0.15) is 0 Å². The van der Waals surface area contributed by atoms with Crippen LogP contribution in [0, 0.1) is 0 Å². The van der Waals surface area contributed by atoms with Crippen molar-refractivity contribution >= 4 is 5.91 Å². The van der Waals surface area contributed by atoms with E-state index in [0.29, 0.717) is 11.8 Å². The summed E-state index contributed by atoms with van der Waals surface area (Å²) >= 11 is 0. The molecule has 140 valence electrons. The molecule has 0 radical (unpaired) electrons. The van der Waals surface area contributed by atoms with Crippen molar-refractivity contribution in [3.8, 4) is 11.3 Å². The van der Waals surface area contributed by atoms with Crippen molar-refractivity contribution in [3.05, 3.63) is 47.7 Å². The van der Waals surface area contributed by atoms with Crippen molar-refractivity contribution in [3.63, 3.8) is 0 Å². The van der Waals surface area contributed by atoms with Gasteiger partial charge in [0.15, 0.2) is 5.76 Å². The number of carbonyl (C=O) groups excluding carboxylic acids is 1. The first-order chi connectivity index (χ1) is 12.3. The van der Waals surface area contributed by atoms with E-state index >= 15 is 0 Å². The Balaban J connectivity index is 1.69. The van der Waals surface area contributed by atoms with Gasteiger partial charge in [-0.25, -0.2) is 0 Å². The van der Waals surface area contributed by atoms with Crippen molar-refractivity contribution in [2.45, 2.75) is 45.1 Å². The van der Waals surface area contributed by atoms with Crippen LogP contribution in [-0.4, -0.2) is 48.9 Å². The maximum atomic E-state index is 12.7. The number of likely N-dealkylation sites (tertiary alicyclic amines) is 1. The van der Waals surface area contributed by atoms with Gasteiger partial charge in [-0.05, 0) is 50.0 Å². The van der Waals surface area contributed by atoms with Crippen LogP contribution in [0.3, 0.4) is 0 Å². The molecular weight excluding hydrogens is 324 g/mol. The lowest BCUT2D eigenvalue weighted by Crippen LogP contribution is -2.44. The van der Waals surface area contributed by atoms with Gasteiger partial charge in [0.25, 0.3) is 5.91 Å². The van der Waals surface area contributed by atoms with E-state index in [-0.39, 0.29) is 11.3 Å². The minimum absolute atomic E-state index is 0.000215. The molecule has 2 aromatic rings. The lowest BCUT2D eigenvalue weighted by atomic mass is 9.86. The molecule has 0 N–H and O–H groups in total. The van der Waals surface area contributed by atoms with E-state index in [2.05, 4.69) is 64.0 Å². The maximum Gasteiger partial charge on any atom is 0.289 e. The van der Waals surface area contributed by atoms with Crippen LogP contribution in [0.25, 0.3) is 11.3 Å². The maximum absolute atomic E-state index is 12.7. The van der Waals surface area contributed by atoms with Gasteiger partial charge in [-0.3, -0.25) is 4.79 Å². The Bertz CT molecular complexity index is 745. The van der Waals surface area contributed by atoms with E-state index in [9.17, 15) is 4.79 Å². The van der Waals surface area contributed by atoms with Crippen molar-refractivity contribution < 1.29 is 9.21 Å². The summed E-state index contributed by atoms with van der Waals surface area (Å²) in [7, 11) is 4.21. The highest BCUT2D eigenvalue weighted by Gasteiger charge is 2.26. The molecule has 3 rings (SSSR count). The molecule has 1 aromatic carbocycles. The average molecular weight is 354 g/mol. The zero-order valence-electron chi connectivity index (χ0n) is 16.6. The molecule has 0 bridgehead atoms. The molecule has 0 atom stereocenters. The Morgan fingerprint density at radius 1 is 1.04 bits per heavy atom. The predicted molar refractivity (Wildman–Crippen MR) is 105 cm³/mol. The number of furan rings is 1. The summed E-state index contributed by atoms with van der Waals surface area (Å²) in [4.78, 5) is 16.9. The summed E-state index contributed by atoms with van der Waals surface area (Å²) in [6, 6.07) is 12.6. The van der Waals surface area contributed by atoms with Crippen LogP contribution in [0.4, 0.5) is 0 Å². The van der Waals surface area contributed by atoms with Crippen molar-refractivity contribution in [1.29, 1.82) is 0 Å². The second-order valence-electron chi connectivity index (χ2n) is 8.48. The summed E-state index contributed by atoms with van der Waals surface area (Å²) in [5.74, 6) is 1.18. The summed E-state index contributed by atoms with van der Waals surface area (Å²) in [5.41, 5.74) is 2.41. The highest BCUT2D eigenvalue weighted by Crippen LogP contribution is 2.28. The number of piperidine rings is 1. The van der Waals surface area contributed by atoms with E-state index in [1.807, 2.05) is 11.0 Å². The van der Waals surface area contributed by atoms with Crippen molar-refractivity contribution in [2.24, 2.45) is 0 Å². The second kappa shape index (κ2) is 7.28. The van der Waals surface area contributed by atoms with Crippen LogP contribution < -0.4 is 0 Å². The first-order valence-corrected chi connectivity index (χ1v) is 9.42. The number of benzene rings is 1.